The van der Waals surface area contributed by atoms with E-state index in [0.717, 1.165) is 62.5 Å². The van der Waals surface area contributed by atoms with Crippen molar-refractivity contribution in [1.82, 2.24) is 9.97 Å². The molecule has 3 heterocycles. The van der Waals surface area contributed by atoms with E-state index in [4.69, 9.17) is 16.3 Å². The Labute approximate surface area is 183 Å². The second kappa shape index (κ2) is 8.13. The van der Waals surface area contributed by atoms with E-state index in [0.29, 0.717) is 13.0 Å². The maximum Gasteiger partial charge on any atom is 0.226 e. The lowest BCUT2D eigenvalue weighted by Crippen LogP contribution is -2.35. The van der Waals surface area contributed by atoms with Gasteiger partial charge in [0.05, 0.1) is 20.2 Å². The van der Waals surface area contributed by atoms with Crippen LogP contribution in [0.2, 0.25) is 4.34 Å². The number of hydrogen-bond acceptors (Lipinski definition) is 4. The maximum atomic E-state index is 12.1. The van der Waals surface area contributed by atoms with Crippen LogP contribution in [0.25, 0.3) is 21.7 Å². The first-order valence-electron chi connectivity index (χ1n) is 9.93. The molecule has 0 spiro atoms. The fourth-order valence-electron chi connectivity index (χ4n) is 3.67. The first-order valence-corrected chi connectivity index (χ1v) is 11.1. The normalized spacial score (nSPS) is 14.4. The molecule has 0 aliphatic carbocycles. The molecular weight excluding hydrogens is 418 g/mol. The third kappa shape index (κ3) is 3.93. The number of hydrogen-bond donors (Lipinski definition) is 1. The number of halogens is 1. The van der Waals surface area contributed by atoms with E-state index in [1.165, 1.54) is 11.3 Å². The summed E-state index contributed by atoms with van der Waals surface area (Å²) in [6.07, 6.45) is 2.68. The first kappa shape index (κ1) is 19.2. The summed E-state index contributed by atoms with van der Waals surface area (Å²) in [6.45, 7) is 1.24. The Kier molecular flexibility index (Phi) is 5.19. The number of carbonyl (C=O) groups excluding carboxylic acids is 1. The molecular formula is C23H20ClN3O2S. The number of anilines is 1. The lowest BCUT2D eigenvalue weighted by Gasteiger charge is -2.26. The van der Waals surface area contributed by atoms with Crippen LogP contribution in [0, 0.1) is 0 Å². The van der Waals surface area contributed by atoms with Crippen molar-refractivity contribution in [2.75, 3.05) is 11.4 Å². The highest BCUT2D eigenvalue weighted by Gasteiger charge is 2.19. The van der Waals surface area contributed by atoms with Crippen LogP contribution < -0.4 is 9.64 Å². The number of amides is 1. The van der Waals surface area contributed by atoms with Gasteiger partial charge in [0.2, 0.25) is 5.91 Å². The summed E-state index contributed by atoms with van der Waals surface area (Å²) < 4.78 is 6.69. The smallest absolute Gasteiger partial charge is 0.226 e. The minimum atomic E-state index is 0.200. The zero-order chi connectivity index (χ0) is 20.5. The number of fused-ring (bicyclic) bond motifs is 1. The Hall–Kier alpha value is -2.83. The summed E-state index contributed by atoms with van der Waals surface area (Å²) in [6, 6.07) is 17.7. The number of nitrogens with zero attached hydrogens (tertiary/aromatic N) is 2. The van der Waals surface area contributed by atoms with Gasteiger partial charge in [-0.05, 0) is 66.9 Å². The molecule has 1 amide bonds. The van der Waals surface area contributed by atoms with E-state index in [-0.39, 0.29) is 5.91 Å². The molecule has 1 N–H and O–H groups in total. The van der Waals surface area contributed by atoms with Crippen molar-refractivity contribution in [1.29, 1.82) is 0 Å². The first-order chi connectivity index (χ1) is 14.7. The Bertz CT molecular complexity index is 1200. The number of aromatic amines is 1. The number of ether oxygens (including phenoxy) is 1. The second-order valence-electron chi connectivity index (χ2n) is 7.33. The standard InChI is InChI=1S/C23H20ClN3O2S/c24-21-11-10-20(30-21)23-25-18-9-4-15(13-19(18)26-23)14-29-17-7-5-16(6-8-17)27-12-2-1-3-22(27)28/h4-11,13H,1-3,12,14H2,(H,25,26). The summed E-state index contributed by atoms with van der Waals surface area (Å²) in [5.74, 6) is 1.80. The topological polar surface area (TPSA) is 58.2 Å². The van der Waals surface area contributed by atoms with Crippen molar-refractivity contribution in [2.24, 2.45) is 0 Å². The minimum absolute atomic E-state index is 0.200. The second-order valence-corrected chi connectivity index (χ2v) is 9.04. The average Bonchev–Trinajstić information content (AvgIpc) is 3.38. The molecule has 0 saturated carbocycles. The van der Waals surface area contributed by atoms with Crippen molar-refractivity contribution < 1.29 is 9.53 Å². The molecule has 0 radical (unpaired) electrons. The fraction of sp³-hybridized carbons (Fsp3) is 0.217. The number of carbonyl (C=O) groups is 1. The van der Waals surface area contributed by atoms with Crippen LogP contribution in [0.15, 0.2) is 54.6 Å². The monoisotopic (exact) mass is 437 g/mol. The van der Waals surface area contributed by atoms with Gasteiger partial charge in [-0.3, -0.25) is 4.79 Å². The van der Waals surface area contributed by atoms with Gasteiger partial charge in [-0.1, -0.05) is 17.7 Å². The fourth-order valence-corrected chi connectivity index (χ4v) is 4.66. The molecule has 1 aliphatic heterocycles. The number of imidazole rings is 1. The van der Waals surface area contributed by atoms with Crippen LogP contribution in [0.3, 0.4) is 0 Å². The highest BCUT2D eigenvalue weighted by molar-refractivity contribution is 7.19. The van der Waals surface area contributed by atoms with Crippen molar-refractivity contribution in [3.63, 3.8) is 0 Å². The van der Waals surface area contributed by atoms with E-state index >= 15 is 0 Å². The van der Waals surface area contributed by atoms with Crippen molar-refractivity contribution in [3.05, 3.63) is 64.5 Å². The van der Waals surface area contributed by atoms with Crippen LogP contribution in [0.5, 0.6) is 5.75 Å². The van der Waals surface area contributed by atoms with E-state index in [1.807, 2.05) is 59.5 Å². The molecule has 5 nitrogen and oxygen atoms in total. The van der Waals surface area contributed by atoms with Gasteiger partial charge in [-0.25, -0.2) is 4.98 Å². The molecule has 30 heavy (non-hydrogen) atoms. The molecule has 5 rings (SSSR count). The SMILES string of the molecule is O=C1CCCCN1c1ccc(OCc2ccc3[nH]c(-c4ccc(Cl)s4)nc3c2)cc1. The predicted octanol–water partition coefficient (Wildman–Crippen LogP) is 6.04. The number of H-pyrrole nitrogens is 1. The van der Waals surface area contributed by atoms with E-state index in [9.17, 15) is 4.79 Å². The molecule has 7 heteroatoms. The lowest BCUT2D eigenvalue weighted by molar-refractivity contribution is -0.119. The molecule has 0 unspecified atom stereocenters. The highest BCUT2D eigenvalue weighted by atomic mass is 35.5. The summed E-state index contributed by atoms with van der Waals surface area (Å²) in [4.78, 5) is 23.0. The molecule has 4 aromatic rings. The zero-order valence-electron chi connectivity index (χ0n) is 16.2. The van der Waals surface area contributed by atoms with Crippen LogP contribution in [0.4, 0.5) is 5.69 Å². The number of piperidine rings is 1. The van der Waals surface area contributed by atoms with Gasteiger partial charge in [0, 0.05) is 18.7 Å². The van der Waals surface area contributed by atoms with E-state index < -0.39 is 0 Å². The van der Waals surface area contributed by atoms with Crippen LogP contribution in [-0.4, -0.2) is 22.4 Å². The Morgan fingerprint density at radius 1 is 1.10 bits per heavy atom. The third-order valence-corrected chi connectivity index (χ3v) is 6.47. The van der Waals surface area contributed by atoms with Crippen LogP contribution in [0.1, 0.15) is 24.8 Å². The van der Waals surface area contributed by atoms with Crippen LogP contribution >= 0.6 is 22.9 Å². The number of thiophene rings is 1. The number of benzene rings is 2. The van der Waals surface area contributed by atoms with Gasteiger partial charge in [0.1, 0.15) is 18.2 Å². The number of nitrogens with one attached hydrogen (secondary N) is 1. The largest absolute Gasteiger partial charge is 0.489 e. The number of rotatable bonds is 5. The van der Waals surface area contributed by atoms with Gasteiger partial charge in [-0.2, -0.15) is 0 Å². The van der Waals surface area contributed by atoms with Gasteiger partial charge >= 0.3 is 0 Å². The molecule has 0 bridgehead atoms. The summed E-state index contributed by atoms with van der Waals surface area (Å²) >= 11 is 7.54. The van der Waals surface area contributed by atoms with E-state index in [2.05, 4.69) is 9.97 Å². The van der Waals surface area contributed by atoms with E-state index in [1.54, 1.807) is 0 Å². The highest BCUT2D eigenvalue weighted by Crippen LogP contribution is 2.31. The molecule has 152 valence electrons. The average molecular weight is 438 g/mol. The Balaban J connectivity index is 1.27. The molecule has 2 aromatic heterocycles. The zero-order valence-corrected chi connectivity index (χ0v) is 17.8. The predicted molar refractivity (Wildman–Crippen MR) is 121 cm³/mol. The molecule has 1 fully saturated rings. The maximum absolute atomic E-state index is 12.1. The van der Waals surface area contributed by atoms with Gasteiger partial charge in [0.15, 0.2) is 0 Å². The quantitative estimate of drug-likeness (QED) is 0.414. The Morgan fingerprint density at radius 3 is 2.73 bits per heavy atom. The molecule has 1 saturated heterocycles. The van der Waals surface area contributed by atoms with Crippen molar-refractivity contribution in [3.8, 4) is 16.5 Å². The molecule has 1 aliphatic rings. The third-order valence-electron chi connectivity index (χ3n) is 5.23. The molecule has 2 aromatic carbocycles. The summed E-state index contributed by atoms with van der Waals surface area (Å²) in [5, 5.41) is 0. The molecule has 0 atom stereocenters. The Morgan fingerprint density at radius 2 is 1.97 bits per heavy atom. The van der Waals surface area contributed by atoms with Gasteiger partial charge in [-0.15, -0.1) is 11.3 Å². The van der Waals surface area contributed by atoms with Gasteiger partial charge in [0.25, 0.3) is 0 Å². The lowest BCUT2D eigenvalue weighted by atomic mass is 10.1. The van der Waals surface area contributed by atoms with Crippen molar-refractivity contribution in [2.45, 2.75) is 25.9 Å². The number of aromatic nitrogens is 2. The van der Waals surface area contributed by atoms with Crippen LogP contribution in [-0.2, 0) is 11.4 Å². The summed E-state index contributed by atoms with van der Waals surface area (Å²) in [5.41, 5.74) is 3.86. The summed E-state index contributed by atoms with van der Waals surface area (Å²) in [7, 11) is 0. The minimum Gasteiger partial charge on any atom is -0.489 e. The van der Waals surface area contributed by atoms with Gasteiger partial charge < -0.3 is 14.6 Å². The van der Waals surface area contributed by atoms with Crippen molar-refractivity contribution >= 4 is 45.6 Å².